The van der Waals surface area contributed by atoms with E-state index in [9.17, 15) is 5.26 Å². The van der Waals surface area contributed by atoms with E-state index < -0.39 is 0 Å². The fourth-order valence-electron chi connectivity index (χ4n) is 4.17. The van der Waals surface area contributed by atoms with Crippen LogP contribution in [0.4, 0.5) is 5.82 Å². The van der Waals surface area contributed by atoms with Gasteiger partial charge in [0.15, 0.2) is 0 Å². The predicted molar refractivity (Wildman–Crippen MR) is 129 cm³/mol. The Bertz CT molecular complexity index is 1120. The molecule has 1 aliphatic rings. The number of nitriles is 1. The quantitative estimate of drug-likeness (QED) is 0.504. The van der Waals surface area contributed by atoms with Crippen molar-refractivity contribution in [2.45, 2.75) is 25.8 Å². The maximum atomic E-state index is 9.53. The van der Waals surface area contributed by atoms with Gasteiger partial charge in [0.05, 0.1) is 36.7 Å². The molecule has 1 fully saturated rings. The van der Waals surface area contributed by atoms with Crippen LogP contribution in [0.25, 0.3) is 16.6 Å². The number of ether oxygens (including phenoxy) is 2. The lowest BCUT2D eigenvalue weighted by Crippen LogP contribution is -2.42. The standard InChI is InChI=1S/C25H30N6O2/c1-3-33-22-14-23(25-20(15-26)17-29-31(25)18-22)19-6-7-24(28-16-19)30-11-8-21(9-12-30)27-10-4-5-13-32-2/h4-7,14,16-18,21,27H,3,8-13H2,1-2H3/b5-4-. The lowest BCUT2D eigenvalue weighted by molar-refractivity contribution is 0.233. The Labute approximate surface area is 194 Å². The van der Waals surface area contributed by atoms with Gasteiger partial charge in [0.25, 0.3) is 0 Å². The van der Waals surface area contributed by atoms with Crippen LogP contribution in [0.5, 0.6) is 5.75 Å². The molecular weight excluding hydrogens is 416 g/mol. The molecule has 4 rings (SSSR count). The van der Waals surface area contributed by atoms with Gasteiger partial charge in [0.2, 0.25) is 0 Å². The lowest BCUT2D eigenvalue weighted by Gasteiger charge is -2.33. The number of hydrogen-bond acceptors (Lipinski definition) is 7. The van der Waals surface area contributed by atoms with Crippen molar-refractivity contribution in [3.05, 3.63) is 54.5 Å². The largest absolute Gasteiger partial charge is 0.492 e. The summed E-state index contributed by atoms with van der Waals surface area (Å²) >= 11 is 0. The van der Waals surface area contributed by atoms with E-state index in [1.807, 2.05) is 25.3 Å². The second-order valence-electron chi connectivity index (χ2n) is 7.99. The Morgan fingerprint density at radius 3 is 2.79 bits per heavy atom. The highest BCUT2D eigenvalue weighted by Crippen LogP contribution is 2.31. The van der Waals surface area contributed by atoms with E-state index in [2.05, 4.69) is 39.6 Å². The van der Waals surface area contributed by atoms with Crippen molar-refractivity contribution in [3.63, 3.8) is 0 Å². The second kappa shape index (κ2) is 10.9. The molecule has 1 saturated heterocycles. The van der Waals surface area contributed by atoms with E-state index in [1.165, 1.54) is 0 Å². The molecule has 0 aromatic carbocycles. The molecular formula is C25H30N6O2. The summed E-state index contributed by atoms with van der Waals surface area (Å²) in [6, 6.07) is 8.83. The van der Waals surface area contributed by atoms with Crippen LogP contribution in [0.3, 0.4) is 0 Å². The van der Waals surface area contributed by atoms with Gasteiger partial charge in [0.1, 0.15) is 17.6 Å². The van der Waals surface area contributed by atoms with Gasteiger partial charge in [-0.15, -0.1) is 0 Å². The van der Waals surface area contributed by atoms with Crippen molar-refractivity contribution in [2.24, 2.45) is 0 Å². The smallest absolute Gasteiger partial charge is 0.138 e. The molecule has 0 unspecified atom stereocenters. The highest BCUT2D eigenvalue weighted by molar-refractivity contribution is 5.85. The van der Waals surface area contributed by atoms with Gasteiger partial charge >= 0.3 is 0 Å². The molecule has 1 aliphatic heterocycles. The van der Waals surface area contributed by atoms with Crippen molar-refractivity contribution < 1.29 is 9.47 Å². The highest BCUT2D eigenvalue weighted by atomic mass is 16.5. The summed E-state index contributed by atoms with van der Waals surface area (Å²) in [6.45, 7) is 5.97. The minimum absolute atomic E-state index is 0.522. The molecule has 33 heavy (non-hydrogen) atoms. The maximum absolute atomic E-state index is 9.53. The van der Waals surface area contributed by atoms with E-state index in [0.29, 0.717) is 30.6 Å². The molecule has 0 bridgehead atoms. The van der Waals surface area contributed by atoms with Crippen LogP contribution in [0.1, 0.15) is 25.3 Å². The van der Waals surface area contributed by atoms with E-state index >= 15 is 0 Å². The molecule has 3 aromatic heterocycles. The van der Waals surface area contributed by atoms with Gasteiger partial charge in [-0.05, 0) is 38.0 Å². The summed E-state index contributed by atoms with van der Waals surface area (Å²) in [5.41, 5.74) is 3.12. The first-order valence-electron chi connectivity index (χ1n) is 11.4. The number of nitrogens with one attached hydrogen (secondary N) is 1. The Kier molecular flexibility index (Phi) is 7.55. The van der Waals surface area contributed by atoms with Crippen molar-refractivity contribution >= 4 is 11.3 Å². The number of fused-ring (bicyclic) bond motifs is 1. The third kappa shape index (κ3) is 5.33. The van der Waals surface area contributed by atoms with Crippen molar-refractivity contribution in [2.75, 3.05) is 44.9 Å². The second-order valence-corrected chi connectivity index (χ2v) is 7.99. The molecule has 1 N–H and O–H groups in total. The Hall–Kier alpha value is -3.41. The third-order valence-corrected chi connectivity index (χ3v) is 5.85. The zero-order valence-corrected chi connectivity index (χ0v) is 19.2. The average Bonchev–Trinajstić information content (AvgIpc) is 3.27. The van der Waals surface area contributed by atoms with Gasteiger partial charge in [-0.25, -0.2) is 9.50 Å². The predicted octanol–water partition coefficient (Wildman–Crippen LogP) is 3.43. The van der Waals surface area contributed by atoms with E-state index in [4.69, 9.17) is 14.5 Å². The van der Waals surface area contributed by atoms with E-state index in [-0.39, 0.29) is 0 Å². The SMILES string of the molecule is CCOc1cc(-c2ccc(N3CCC(NC/C=C\COC)CC3)nc2)c2c(C#N)cnn2c1. The molecule has 0 spiro atoms. The number of methoxy groups -OCH3 is 1. The number of nitrogens with zero attached hydrogens (tertiary/aromatic N) is 5. The summed E-state index contributed by atoms with van der Waals surface area (Å²) < 4.78 is 12.4. The van der Waals surface area contributed by atoms with Crippen LogP contribution in [0, 0.1) is 11.3 Å². The average molecular weight is 447 g/mol. The van der Waals surface area contributed by atoms with Crippen LogP contribution in [-0.4, -0.2) is 60.6 Å². The Morgan fingerprint density at radius 1 is 1.24 bits per heavy atom. The van der Waals surface area contributed by atoms with E-state index in [1.54, 1.807) is 24.0 Å². The molecule has 8 nitrogen and oxygen atoms in total. The van der Waals surface area contributed by atoms with Gasteiger partial charge in [-0.1, -0.05) is 12.2 Å². The maximum Gasteiger partial charge on any atom is 0.138 e. The van der Waals surface area contributed by atoms with Crippen LogP contribution in [0.15, 0.2) is 48.9 Å². The molecule has 0 atom stereocenters. The summed E-state index contributed by atoms with van der Waals surface area (Å²) in [4.78, 5) is 7.08. The fourth-order valence-corrected chi connectivity index (χ4v) is 4.17. The first kappa shape index (κ1) is 22.8. The zero-order valence-electron chi connectivity index (χ0n) is 19.2. The monoisotopic (exact) mass is 446 g/mol. The third-order valence-electron chi connectivity index (χ3n) is 5.85. The first-order chi connectivity index (χ1) is 16.2. The molecule has 0 radical (unpaired) electrons. The lowest BCUT2D eigenvalue weighted by atomic mass is 10.0. The Balaban J connectivity index is 1.46. The number of hydrogen-bond donors (Lipinski definition) is 1. The molecule has 8 heteroatoms. The highest BCUT2D eigenvalue weighted by Gasteiger charge is 2.20. The topological polar surface area (TPSA) is 87.7 Å². The number of rotatable bonds is 9. The minimum atomic E-state index is 0.522. The van der Waals surface area contributed by atoms with Gasteiger partial charge in [-0.3, -0.25) is 0 Å². The molecule has 0 amide bonds. The van der Waals surface area contributed by atoms with Crippen molar-refractivity contribution in [1.82, 2.24) is 19.9 Å². The normalized spacial score (nSPS) is 14.8. The molecule has 3 aromatic rings. The van der Waals surface area contributed by atoms with Crippen LogP contribution < -0.4 is 15.0 Å². The number of piperidine rings is 1. The fraction of sp³-hybridized carbons (Fsp3) is 0.400. The van der Waals surface area contributed by atoms with Crippen molar-refractivity contribution in [3.8, 4) is 22.9 Å². The Morgan fingerprint density at radius 2 is 2.09 bits per heavy atom. The van der Waals surface area contributed by atoms with Gasteiger partial charge in [-0.2, -0.15) is 10.4 Å². The summed E-state index contributed by atoms with van der Waals surface area (Å²) in [5, 5.41) is 17.4. The van der Waals surface area contributed by atoms with Crippen LogP contribution >= 0.6 is 0 Å². The number of aromatic nitrogens is 3. The number of pyridine rings is 2. The van der Waals surface area contributed by atoms with Crippen LogP contribution in [0.2, 0.25) is 0 Å². The molecule has 172 valence electrons. The van der Waals surface area contributed by atoms with E-state index in [0.717, 1.165) is 54.9 Å². The summed E-state index contributed by atoms with van der Waals surface area (Å²) in [6.07, 6.45) is 11.6. The first-order valence-corrected chi connectivity index (χ1v) is 11.4. The minimum Gasteiger partial charge on any atom is -0.492 e. The van der Waals surface area contributed by atoms with Crippen molar-refractivity contribution in [1.29, 1.82) is 5.26 Å². The van der Waals surface area contributed by atoms with Gasteiger partial charge in [0, 0.05) is 50.1 Å². The van der Waals surface area contributed by atoms with Crippen LogP contribution in [-0.2, 0) is 4.74 Å². The molecule has 0 aliphatic carbocycles. The zero-order chi connectivity index (χ0) is 23.0. The molecule has 0 saturated carbocycles. The molecule has 4 heterocycles. The van der Waals surface area contributed by atoms with Gasteiger partial charge < -0.3 is 19.7 Å². The number of anilines is 1. The summed E-state index contributed by atoms with van der Waals surface area (Å²) in [7, 11) is 1.70. The summed E-state index contributed by atoms with van der Waals surface area (Å²) in [5.74, 6) is 1.69.